The van der Waals surface area contributed by atoms with Gasteiger partial charge in [0.2, 0.25) is 0 Å². The van der Waals surface area contributed by atoms with Gasteiger partial charge < -0.3 is 10.0 Å². The van der Waals surface area contributed by atoms with Crippen LogP contribution in [0.5, 0.6) is 0 Å². The van der Waals surface area contributed by atoms with Gasteiger partial charge in [-0.05, 0) is 30.3 Å². The maximum Gasteiger partial charge on any atom is 0.335 e. The molecular formula is C16H14N2O2S. The lowest BCUT2D eigenvalue weighted by atomic mass is 10.2. The average Bonchev–Trinajstić information content (AvgIpc) is 2.90. The minimum atomic E-state index is -0.915. The van der Waals surface area contributed by atoms with Crippen LogP contribution in [0.1, 0.15) is 10.4 Å². The quantitative estimate of drug-likeness (QED) is 0.800. The molecule has 0 saturated carbocycles. The van der Waals surface area contributed by atoms with Crippen molar-refractivity contribution in [2.75, 3.05) is 19.0 Å². The van der Waals surface area contributed by atoms with E-state index in [0.717, 1.165) is 26.5 Å². The summed E-state index contributed by atoms with van der Waals surface area (Å²) in [4.78, 5) is 17.7. The summed E-state index contributed by atoms with van der Waals surface area (Å²) in [6, 6.07) is 13.2. The number of hydrogen-bond acceptors (Lipinski definition) is 4. The maximum atomic E-state index is 11.0. The Kier molecular flexibility index (Phi) is 3.35. The number of rotatable bonds is 3. The number of carbonyl (C=O) groups is 1. The molecule has 0 saturated heterocycles. The number of anilines is 1. The van der Waals surface area contributed by atoms with Gasteiger partial charge in [-0.15, -0.1) is 11.3 Å². The molecule has 0 aliphatic rings. The Morgan fingerprint density at radius 2 is 2.00 bits per heavy atom. The van der Waals surface area contributed by atoms with Crippen LogP contribution in [0.25, 0.3) is 20.8 Å². The molecule has 4 nitrogen and oxygen atoms in total. The number of benzene rings is 2. The number of carboxylic acid groups (broad SMARTS) is 1. The van der Waals surface area contributed by atoms with E-state index in [4.69, 9.17) is 5.11 Å². The summed E-state index contributed by atoms with van der Waals surface area (Å²) in [7, 11) is 3.99. The average molecular weight is 298 g/mol. The van der Waals surface area contributed by atoms with Gasteiger partial charge in [-0.25, -0.2) is 9.78 Å². The minimum Gasteiger partial charge on any atom is -0.478 e. The van der Waals surface area contributed by atoms with E-state index in [0.29, 0.717) is 5.56 Å². The van der Waals surface area contributed by atoms with Gasteiger partial charge >= 0.3 is 5.97 Å². The summed E-state index contributed by atoms with van der Waals surface area (Å²) in [6.45, 7) is 0. The third-order valence-electron chi connectivity index (χ3n) is 3.24. The van der Waals surface area contributed by atoms with Crippen molar-refractivity contribution in [1.82, 2.24) is 4.98 Å². The molecule has 3 aromatic rings. The maximum absolute atomic E-state index is 11.0. The number of carboxylic acids is 1. The fourth-order valence-corrected chi connectivity index (χ4v) is 3.10. The van der Waals surface area contributed by atoms with Gasteiger partial charge in [0.1, 0.15) is 5.01 Å². The molecule has 0 radical (unpaired) electrons. The van der Waals surface area contributed by atoms with Crippen LogP contribution in [0.4, 0.5) is 5.69 Å². The van der Waals surface area contributed by atoms with Crippen LogP contribution in [0.15, 0.2) is 42.5 Å². The van der Waals surface area contributed by atoms with E-state index >= 15 is 0 Å². The lowest BCUT2D eigenvalue weighted by Gasteiger charge is -2.12. The van der Waals surface area contributed by atoms with Crippen molar-refractivity contribution >= 4 is 33.2 Å². The number of fused-ring (bicyclic) bond motifs is 1. The molecule has 0 atom stereocenters. The number of aromatic carboxylic acids is 1. The molecule has 2 aromatic carbocycles. The first-order chi connectivity index (χ1) is 10.0. The lowest BCUT2D eigenvalue weighted by molar-refractivity contribution is 0.0697. The molecule has 0 unspecified atom stereocenters. The van der Waals surface area contributed by atoms with Crippen LogP contribution in [0, 0.1) is 0 Å². The second-order valence-electron chi connectivity index (χ2n) is 4.95. The Labute approximate surface area is 126 Å². The monoisotopic (exact) mass is 298 g/mol. The van der Waals surface area contributed by atoms with E-state index in [2.05, 4.69) is 11.1 Å². The van der Waals surface area contributed by atoms with Crippen molar-refractivity contribution < 1.29 is 9.90 Å². The van der Waals surface area contributed by atoms with Gasteiger partial charge in [0, 0.05) is 25.3 Å². The van der Waals surface area contributed by atoms with Crippen molar-refractivity contribution in [2.24, 2.45) is 0 Å². The zero-order chi connectivity index (χ0) is 15.0. The van der Waals surface area contributed by atoms with Gasteiger partial charge in [-0.2, -0.15) is 0 Å². The minimum absolute atomic E-state index is 0.291. The number of aromatic nitrogens is 1. The molecule has 3 rings (SSSR count). The molecule has 0 aliphatic carbocycles. The van der Waals surface area contributed by atoms with Gasteiger partial charge in [-0.3, -0.25) is 0 Å². The molecule has 106 valence electrons. The largest absolute Gasteiger partial charge is 0.478 e. The van der Waals surface area contributed by atoms with Gasteiger partial charge in [0.15, 0.2) is 0 Å². The SMILES string of the molecule is CN(C)c1cccc(-c2nc3ccc(C(=O)O)cc3s2)c1. The summed E-state index contributed by atoms with van der Waals surface area (Å²) in [6.07, 6.45) is 0. The van der Waals surface area contributed by atoms with E-state index in [9.17, 15) is 4.79 Å². The molecule has 0 aliphatic heterocycles. The van der Waals surface area contributed by atoms with E-state index in [1.165, 1.54) is 11.3 Å². The molecule has 0 amide bonds. The highest BCUT2D eigenvalue weighted by Gasteiger charge is 2.10. The molecule has 1 heterocycles. The van der Waals surface area contributed by atoms with Crippen molar-refractivity contribution in [2.45, 2.75) is 0 Å². The highest BCUT2D eigenvalue weighted by Crippen LogP contribution is 2.32. The molecule has 0 bridgehead atoms. The Bertz CT molecular complexity index is 824. The highest BCUT2D eigenvalue weighted by molar-refractivity contribution is 7.21. The van der Waals surface area contributed by atoms with Crippen LogP contribution in [0.2, 0.25) is 0 Å². The van der Waals surface area contributed by atoms with Crippen molar-refractivity contribution in [3.05, 3.63) is 48.0 Å². The van der Waals surface area contributed by atoms with Crippen LogP contribution < -0.4 is 4.90 Å². The predicted octanol–water partition coefficient (Wildman–Crippen LogP) is 3.73. The van der Waals surface area contributed by atoms with Gasteiger partial charge in [-0.1, -0.05) is 12.1 Å². The first-order valence-electron chi connectivity index (χ1n) is 6.46. The van der Waals surface area contributed by atoms with E-state index in [1.54, 1.807) is 18.2 Å². The first-order valence-corrected chi connectivity index (χ1v) is 7.28. The fourth-order valence-electron chi connectivity index (χ4n) is 2.10. The fraction of sp³-hybridized carbons (Fsp3) is 0.125. The van der Waals surface area contributed by atoms with Crippen molar-refractivity contribution in [3.8, 4) is 10.6 Å². The lowest BCUT2D eigenvalue weighted by Crippen LogP contribution is -2.08. The summed E-state index contributed by atoms with van der Waals surface area (Å²) in [5.74, 6) is -0.915. The summed E-state index contributed by atoms with van der Waals surface area (Å²) < 4.78 is 0.889. The zero-order valence-corrected chi connectivity index (χ0v) is 12.5. The normalized spacial score (nSPS) is 10.8. The number of hydrogen-bond donors (Lipinski definition) is 1. The highest BCUT2D eigenvalue weighted by atomic mass is 32.1. The summed E-state index contributed by atoms with van der Waals surface area (Å²) in [5.41, 5.74) is 3.27. The number of nitrogens with zero attached hydrogens (tertiary/aromatic N) is 2. The third kappa shape index (κ3) is 2.60. The Hall–Kier alpha value is -2.40. The molecule has 21 heavy (non-hydrogen) atoms. The van der Waals surface area contributed by atoms with Gasteiger partial charge in [0.05, 0.1) is 15.8 Å². The van der Waals surface area contributed by atoms with E-state index in [1.807, 2.05) is 37.2 Å². The van der Waals surface area contributed by atoms with Crippen molar-refractivity contribution in [1.29, 1.82) is 0 Å². The molecule has 1 aromatic heterocycles. The van der Waals surface area contributed by atoms with E-state index in [-0.39, 0.29) is 0 Å². The predicted molar refractivity (Wildman–Crippen MR) is 86.3 cm³/mol. The number of thiazole rings is 1. The molecule has 0 spiro atoms. The second-order valence-corrected chi connectivity index (χ2v) is 5.98. The molecule has 1 N–H and O–H groups in total. The van der Waals surface area contributed by atoms with Gasteiger partial charge in [0.25, 0.3) is 0 Å². The Balaban J connectivity index is 2.08. The van der Waals surface area contributed by atoms with Crippen molar-refractivity contribution in [3.63, 3.8) is 0 Å². The topological polar surface area (TPSA) is 53.4 Å². The third-order valence-corrected chi connectivity index (χ3v) is 4.31. The Morgan fingerprint density at radius 1 is 1.19 bits per heavy atom. The summed E-state index contributed by atoms with van der Waals surface area (Å²) >= 11 is 1.51. The molecule has 5 heteroatoms. The van der Waals surface area contributed by atoms with Crippen LogP contribution >= 0.6 is 11.3 Å². The second kappa shape index (κ2) is 5.18. The van der Waals surface area contributed by atoms with Crippen LogP contribution in [-0.2, 0) is 0 Å². The summed E-state index contributed by atoms with van der Waals surface area (Å²) in [5, 5.41) is 9.94. The van der Waals surface area contributed by atoms with Crippen LogP contribution in [-0.4, -0.2) is 30.2 Å². The van der Waals surface area contributed by atoms with Crippen LogP contribution in [0.3, 0.4) is 0 Å². The Morgan fingerprint density at radius 3 is 2.71 bits per heavy atom. The zero-order valence-electron chi connectivity index (χ0n) is 11.7. The molecular weight excluding hydrogens is 284 g/mol. The first kappa shape index (κ1) is 13.6. The van der Waals surface area contributed by atoms with E-state index < -0.39 is 5.97 Å². The standard InChI is InChI=1S/C16H14N2O2S/c1-18(2)12-5-3-4-10(8-12)15-17-13-7-6-11(16(19)20)9-14(13)21-15/h3-9H,1-2H3,(H,19,20). The smallest absolute Gasteiger partial charge is 0.335 e. The molecule has 0 fully saturated rings.